The Morgan fingerprint density at radius 1 is 1.43 bits per heavy atom. The van der Waals surface area contributed by atoms with E-state index in [0.29, 0.717) is 11.8 Å². The average molecular weight is 191 g/mol. The molecule has 70 valence electrons. The van der Waals surface area contributed by atoms with Gasteiger partial charge in [-0.1, -0.05) is 0 Å². The van der Waals surface area contributed by atoms with Crippen LogP contribution in [0.3, 0.4) is 0 Å². The fourth-order valence-corrected chi connectivity index (χ4v) is 1.11. The van der Waals surface area contributed by atoms with Gasteiger partial charge in [-0.05, 0) is 18.2 Å². The molecule has 0 aliphatic carbocycles. The molecule has 2 aromatic rings. The summed E-state index contributed by atoms with van der Waals surface area (Å²) in [5, 5.41) is 3.78. The van der Waals surface area contributed by atoms with Gasteiger partial charge in [-0.3, -0.25) is 4.79 Å². The topological polar surface area (TPSA) is 47.8 Å². The second kappa shape index (κ2) is 3.37. The molecule has 0 aliphatic rings. The van der Waals surface area contributed by atoms with Gasteiger partial charge in [0.1, 0.15) is 30.4 Å². The summed E-state index contributed by atoms with van der Waals surface area (Å²) in [7, 11) is 0. The van der Waals surface area contributed by atoms with E-state index in [9.17, 15) is 9.18 Å². The molecule has 0 unspecified atom stereocenters. The predicted molar refractivity (Wildman–Crippen MR) is 46.7 cm³/mol. The van der Waals surface area contributed by atoms with Crippen LogP contribution in [-0.2, 0) is 0 Å². The van der Waals surface area contributed by atoms with Crippen molar-refractivity contribution >= 4 is 6.29 Å². The Bertz CT molecular complexity index is 453. The molecular formula is C9H6FN3O. The Hall–Kier alpha value is -2.04. The first-order valence-electron chi connectivity index (χ1n) is 3.91. The van der Waals surface area contributed by atoms with Gasteiger partial charge >= 0.3 is 0 Å². The first-order chi connectivity index (χ1) is 6.81. The predicted octanol–water partition coefficient (Wildman–Crippen LogP) is 1.22. The lowest BCUT2D eigenvalue weighted by atomic mass is 10.2. The first kappa shape index (κ1) is 8.55. The van der Waals surface area contributed by atoms with Crippen molar-refractivity contribution in [3.05, 3.63) is 42.2 Å². The molecule has 0 atom stereocenters. The van der Waals surface area contributed by atoms with E-state index >= 15 is 0 Å². The number of rotatable bonds is 2. The van der Waals surface area contributed by atoms with Crippen molar-refractivity contribution in [2.75, 3.05) is 0 Å². The van der Waals surface area contributed by atoms with E-state index in [1.54, 1.807) is 0 Å². The Labute approximate surface area is 79.0 Å². The van der Waals surface area contributed by atoms with Crippen molar-refractivity contribution in [3.8, 4) is 5.69 Å². The van der Waals surface area contributed by atoms with Crippen LogP contribution in [0.15, 0.2) is 30.9 Å². The SMILES string of the molecule is O=Cc1ccc(-n2cncn2)c(F)c1. The minimum atomic E-state index is -0.500. The first-order valence-corrected chi connectivity index (χ1v) is 3.91. The van der Waals surface area contributed by atoms with E-state index in [2.05, 4.69) is 10.1 Å². The highest BCUT2D eigenvalue weighted by Gasteiger charge is 2.05. The van der Waals surface area contributed by atoms with Crippen molar-refractivity contribution in [2.24, 2.45) is 0 Å². The van der Waals surface area contributed by atoms with Crippen molar-refractivity contribution in [1.29, 1.82) is 0 Å². The highest BCUT2D eigenvalue weighted by molar-refractivity contribution is 5.75. The van der Waals surface area contributed by atoms with Gasteiger partial charge in [0.25, 0.3) is 0 Å². The molecule has 5 heteroatoms. The lowest BCUT2D eigenvalue weighted by Crippen LogP contribution is -1.98. The van der Waals surface area contributed by atoms with E-state index in [-0.39, 0.29) is 5.69 Å². The van der Waals surface area contributed by atoms with E-state index in [4.69, 9.17) is 0 Å². The molecule has 0 amide bonds. The number of carbonyl (C=O) groups excluding carboxylic acids is 1. The number of halogens is 1. The van der Waals surface area contributed by atoms with Crippen LogP contribution in [0, 0.1) is 5.82 Å². The van der Waals surface area contributed by atoms with Crippen LogP contribution >= 0.6 is 0 Å². The lowest BCUT2D eigenvalue weighted by molar-refractivity contribution is 0.112. The molecule has 0 aliphatic heterocycles. The smallest absolute Gasteiger partial charge is 0.150 e. The third-order valence-corrected chi connectivity index (χ3v) is 1.77. The van der Waals surface area contributed by atoms with Gasteiger partial charge in [-0.25, -0.2) is 14.1 Å². The van der Waals surface area contributed by atoms with E-state index in [1.807, 2.05) is 0 Å². The third-order valence-electron chi connectivity index (χ3n) is 1.77. The maximum atomic E-state index is 13.4. The van der Waals surface area contributed by atoms with Gasteiger partial charge in [0, 0.05) is 5.56 Å². The summed E-state index contributed by atoms with van der Waals surface area (Å²) in [6.45, 7) is 0. The maximum Gasteiger partial charge on any atom is 0.150 e. The number of nitrogens with zero attached hydrogens (tertiary/aromatic N) is 3. The lowest BCUT2D eigenvalue weighted by Gasteiger charge is -2.01. The molecule has 0 saturated carbocycles. The molecule has 1 aromatic heterocycles. The highest BCUT2D eigenvalue weighted by atomic mass is 19.1. The van der Waals surface area contributed by atoms with Crippen molar-refractivity contribution < 1.29 is 9.18 Å². The normalized spacial score (nSPS) is 10.1. The van der Waals surface area contributed by atoms with Gasteiger partial charge in [-0.15, -0.1) is 0 Å². The van der Waals surface area contributed by atoms with Crippen LogP contribution in [0.4, 0.5) is 4.39 Å². The zero-order valence-corrected chi connectivity index (χ0v) is 7.09. The molecule has 0 bridgehead atoms. The summed E-state index contributed by atoms with van der Waals surface area (Å²) in [4.78, 5) is 14.1. The van der Waals surface area contributed by atoms with Crippen LogP contribution in [0.25, 0.3) is 5.69 Å². The van der Waals surface area contributed by atoms with Crippen LogP contribution in [0.2, 0.25) is 0 Å². The summed E-state index contributed by atoms with van der Waals surface area (Å²) in [6.07, 6.45) is 3.29. The van der Waals surface area contributed by atoms with E-state index in [0.717, 1.165) is 6.07 Å². The number of benzene rings is 1. The van der Waals surface area contributed by atoms with Gasteiger partial charge in [0.2, 0.25) is 0 Å². The van der Waals surface area contributed by atoms with Gasteiger partial charge < -0.3 is 0 Å². The Morgan fingerprint density at radius 2 is 2.29 bits per heavy atom. The molecule has 0 spiro atoms. The molecule has 1 heterocycles. The summed E-state index contributed by atoms with van der Waals surface area (Å²) >= 11 is 0. The largest absolute Gasteiger partial charge is 0.298 e. The maximum absolute atomic E-state index is 13.4. The quantitative estimate of drug-likeness (QED) is 0.670. The summed E-state index contributed by atoms with van der Waals surface area (Å²) in [6, 6.07) is 4.16. The molecule has 0 radical (unpaired) electrons. The minimum absolute atomic E-state index is 0.271. The fraction of sp³-hybridized carbons (Fsp3) is 0. The standard InChI is InChI=1S/C9H6FN3O/c10-8-3-7(4-14)1-2-9(8)13-6-11-5-12-13/h1-6H. The Morgan fingerprint density at radius 3 is 2.86 bits per heavy atom. The number of aldehydes is 1. The number of hydrogen-bond donors (Lipinski definition) is 0. The zero-order valence-electron chi connectivity index (χ0n) is 7.09. The molecule has 0 N–H and O–H groups in total. The Balaban J connectivity index is 2.51. The van der Waals surface area contributed by atoms with E-state index < -0.39 is 5.82 Å². The molecule has 14 heavy (non-hydrogen) atoms. The summed E-state index contributed by atoms with van der Waals surface area (Å²) in [5.74, 6) is -0.500. The van der Waals surface area contributed by atoms with Crippen molar-refractivity contribution in [1.82, 2.24) is 14.8 Å². The second-order valence-corrected chi connectivity index (χ2v) is 2.67. The van der Waals surface area contributed by atoms with Crippen LogP contribution in [0.5, 0.6) is 0 Å². The average Bonchev–Trinajstić information content (AvgIpc) is 2.70. The number of carbonyl (C=O) groups is 1. The molecule has 0 saturated heterocycles. The second-order valence-electron chi connectivity index (χ2n) is 2.67. The fourth-order valence-electron chi connectivity index (χ4n) is 1.11. The van der Waals surface area contributed by atoms with Crippen LogP contribution < -0.4 is 0 Å². The molecule has 1 aromatic carbocycles. The molecule has 4 nitrogen and oxygen atoms in total. The molecule has 2 rings (SSSR count). The monoisotopic (exact) mass is 191 g/mol. The van der Waals surface area contributed by atoms with Crippen LogP contribution in [-0.4, -0.2) is 21.1 Å². The zero-order chi connectivity index (χ0) is 9.97. The van der Waals surface area contributed by atoms with Gasteiger partial charge in [0.05, 0.1) is 0 Å². The summed E-state index contributed by atoms with van der Waals surface area (Å²) in [5.41, 5.74) is 0.569. The molecular weight excluding hydrogens is 185 g/mol. The van der Waals surface area contributed by atoms with Gasteiger partial charge in [0.15, 0.2) is 0 Å². The molecule has 0 fully saturated rings. The Kier molecular flexibility index (Phi) is 2.06. The number of aromatic nitrogens is 3. The summed E-state index contributed by atoms with van der Waals surface area (Å²) < 4.78 is 14.6. The van der Waals surface area contributed by atoms with Crippen molar-refractivity contribution in [3.63, 3.8) is 0 Å². The van der Waals surface area contributed by atoms with Crippen LogP contribution in [0.1, 0.15) is 10.4 Å². The van der Waals surface area contributed by atoms with Gasteiger partial charge in [-0.2, -0.15) is 5.10 Å². The highest BCUT2D eigenvalue weighted by Crippen LogP contribution is 2.12. The number of hydrogen-bond acceptors (Lipinski definition) is 3. The van der Waals surface area contributed by atoms with Crippen molar-refractivity contribution in [2.45, 2.75) is 0 Å². The third kappa shape index (κ3) is 1.39. The minimum Gasteiger partial charge on any atom is -0.298 e. The van der Waals surface area contributed by atoms with E-state index in [1.165, 1.54) is 29.5 Å².